The second-order valence-corrected chi connectivity index (χ2v) is 3.61. The topological polar surface area (TPSA) is 78.6 Å². The van der Waals surface area contributed by atoms with Gasteiger partial charge in [-0.3, -0.25) is 10.4 Å². The molecule has 1 aromatic heterocycles. The van der Waals surface area contributed by atoms with E-state index in [0.717, 1.165) is 11.5 Å². The highest BCUT2D eigenvalue weighted by Gasteiger charge is 2.12. The van der Waals surface area contributed by atoms with Gasteiger partial charge in [-0.15, -0.1) is 10.6 Å². The van der Waals surface area contributed by atoms with E-state index in [9.17, 15) is 0 Å². The molecule has 0 spiro atoms. The molecule has 1 aliphatic rings. The molecule has 7 heteroatoms. The number of rotatable bonds is 2. The van der Waals surface area contributed by atoms with E-state index in [2.05, 4.69) is 21.0 Å². The fourth-order valence-corrected chi connectivity index (χ4v) is 1.41. The van der Waals surface area contributed by atoms with Crippen molar-refractivity contribution >= 4 is 23.1 Å². The van der Waals surface area contributed by atoms with Gasteiger partial charge in [-0.05, 0) is 6.07 Å². The van der Waals surface area contributed by atoms with Crippen molar-refractivity contribution in [2.75, 3.05) is 12.8 Å². The Morgan fingerprint density at radius 1 is 1.60 bits per heavy atom. The molecular weight excluding hydrogens is 216 g/mol. The lowest BCUT2D eigenvalue weighted by molar-refractivity contribution is 0.259. The van der Waals surface area contributed by atoms with Crippen molar-refractivity contribution in [1.29, 1.82) is 0 Å². The van der Waals surface area contributed by atoms with Crippen LogP contribution in [0.25, 0.3) is 0 Å². The predicted molar refractivity (Wildman–Crippen MR) is 58.8 cm³/mol. The smallest absolute Gasteiger partial charge is 0.145 e. The normalized spacial score (nSPS) is 15.1. The molecule has 0 fully saturated rings. The predicted octanol–water partition coefficient (Wildman–Crippen LogP) is 0.128. The zero-order chi connectivity index (χ0) is 10.8. The van der Waals surface area contributed by atoms with E-state index in [-0.39, 0.29) is 0 Å². The quantitative estimate of drug-likeness (QED) is 0.668. The standard InChI is InChI=1S/C8H11ClN6/c1-15-13-8(12-14-15)3-7-6(10)2-5(9)4-11-7/h2,4,14H,3,10H2,1H3,(H,12,13). The summed E-state index contributed by atoms with van der Waals surface area (Å²) >= 11 is 5.75. The number of nitrogens with one attached hydrogen (secondary N) is 2. The molecular formula is C8H11ClN6. The Labute approximate surface area is 92.0 Å². The number of hydrazone groups is 1. The van der Waals surface area contributed by atoms with E-state index in [4.69, 9.17) is 17.3 Å². The summed E-state index contributed by atoms with van der Waals surface area (Å²) < 4.78 is 0. The van der Waals surface area contributed by atoms with Gasteiger partial charge in [-0.25, -0.2) is 5.12 Å². The van der Waals surface area contributed by atoms with Crippen LogP contribution in [0.5, 0.6) is 0 Å². The van der Waals surface area contributed by atoms with Crippen molar-refractivity contribution in [2.24, 2.45) is 5.10 Å². The second kappa shape index (κ2) is 3.92. The largest absolute Gasteiger partial charge is 0.397 e. The molecule has 0 atom stereocenters. The molecule has 6 nitrogen and oxygen atoms in total. The van der Waals surface area contributed by atoms with Crippen LogP contribution in [-0.4, -0.2) is 23.0 Å². The van der Waals surface area contributed by atoms with Gasteiger partial charge >= 0.3 is 0 Å². The van der Waals surface area contributed by atoms with E-state index in [1.165, 1.54) is 0 Å². The Kier molecular flexibility index (Phi) is 2.61. The molecule has 0 radical (unpaired) electrons. The van der Waals surface area contributed by atoms with Crippen molar-refractivity contribution in [3.63, 3.8) is 0 Å². The highest BCUT2D eigenvalue weighted by Crippen LogP contribution is 2.15. The molecule has 0 unspecified atom stereocenters. The molecule has 0 aromatic carbocycles. The number of nitrogens with zero attached hydrogens (tertiary/aromatic N) is 3. The van der Waals surface area contributed by atoms with E-state index in [0.29, 0.717) is 17.1 Å². The number of hydrogen-bond donors (Lipinski definition) is 3. The van der Waals surface area contributed by atoms with Gasteiger partial charge in [0.1, 0.15) is 5.84 Å². The Bertz CT molecular complexity index is 404. The van der Waals surface area contributed by atoms with Gasteiger partial charge in [0.25, 0.3) is 0 Å². The van der Waals surface area contributed by atoms with E-state index in [1.54, 1.807) is 24.4 Å². The SMILES string of the molecule is CN1N=C(Cc2ncc(Cl)cc2N)NN1. The fraction of sp³-hybridized carbons (Fsp3) is 0.250. The number of halogens is 1. The summed E-state index contributed by atoms with van der Waals surface area (Å²) in [5, 5.41) is 6.25. The van der Waals surface area contributed by atoms with Crippen molar-refractivity contribution < 1.29 is 0 Å². The molecule has 0 saturated carbocycles. The Morgan fingerprint density at radius 2 is 2.40 bits per heavy atom. The van der Waals surface area contributed by atoms with Crippen LogP contribution >= 0.6 is 11.6 Å². The average Bonchev–Trinajstić information content (AvgIpc) is 2.56. The van der Waals surface area contributed by atoms with Crippen molar-refractivity contribution in [2.45, 2.75) is 6.42 Å². The zero-order valence-electron chi connectivity index (χ0n) is 8.16. The van der Waals surface area contributed by atoms with Crippen molar-refractivity contribution in [3.8, 4) is 0 Å². The van der Waals surface area contributed by atoms with Gasteiger partial charge in [0.2, 0.25) is 0 Å². The van der Waals surface area contributed by atoms with Gasteiger partial charge in [-0.1, -0.05) is 11.6 Å². The van der Waals surface area contributed by atoms with Gasteiger partial charge in [0.05, 0.1) is 22.8 Å². The minimum absolute atomic E-state index is 0.535. The lowest BCUT2D eigenvalue weighted by atomic mass is 10.2. The molecule has 4 N–H and O–H groups in total. The Morgan fingerprint density at radius 3 is 3.00 bits per heavy atom. The zero-order valence-corrected chi connectivity index (χ0v) is 8.91. The van der Waals surface area contributed by atoms with E-state index >= 15 is 0 Å². The minimum atomic E-state index is 0.535. The first-order valence-corrected chi connectivity index (χ1v) is 4.75. The minimum Gasteiger partial charge on any atom is -0.397 e. The number of hydrazine groups is 2. The molecule has 0 bridgehead atoms. The highest BCUT2D eigenvalue weighted by atomic mass is 35.5. The van der Waals surface area contributed by atoms with Crippen LogP contribution in [-0.2, 0) is 6.42 Å². The lowest BCUT2D eigenvalue weighted by Crippen LogP contribution is -2.36. The summed E-state index contributed by atoms with van der Waals surface area (Å²) in [7, 11) is 1.79. The van der Waals surface area contributed by atoms with Gasteiger partial charge in [0, 0.05) is 13.2 Å². The summed E-state index contributed by atoms with van der Waals surface area (Å²) in [6.45, 7) is 0. The number of hydrogen-bond acceptors (Lipinski definition) is 6. The fourth-order valence-electron chi connectivity index (χ4n) is 1.25. The average molecular weight is 227 g/mol. The number of anilines is 1. The maximum atomic E-state index is 5.77. The van der Waals surface area contributed by atoms with Crippen LogP contribution in [0.15, 0.2) is 17.4 Å². The first kappa shape index (κ1) is 10.0. The summed E-state index contributed by atoms with van der Waals surface area (Å²) in [6, 6.07) is 1.68. The van der Waals surface area contributed by atoms with Gasteiger partial charge in [0.15, 0.2) is 0 Å². The molecule has 0 saturated heterocycles. The molecule has 1 aliphatic heterocycles. The van der Waals surface area contributed by atoms with E-state index < -0.39 is 0 Å². The molecule has 2 rings (SSSR count). The van der Waals surface area contributed by atoms with Crippen LogP contribution in [0.4, 0.5) is 5.69 Å². The monoisotopic (exact) mass is 226 g/mol. The lowest BCUT2D eigenvalue weighted by Gasteiger charge is -2.04. The van der Waals surface area contributed by atoms with Gasteiger partial charge < -0.3 is 5.73 Å². The maximum Gasteiger partial charge on any atom is 0.145 e. The Balaban J connectivity index is 2.14. The van der Waals surface area contributed by atoms with Crippen molar-refractivity contribution in [1.82, 2.24) is 21.1 Å². The summed E-state index contributed by atoms with van der Waals surface area (Å²) in [5.41, 5.74) is 12.8. The van der Waals surface area contributed by atoms with Crippen LogP contribution in [0.2, 0.25) is 5.02 Å². The third-order valence-corrected chi connectivity index (χ3v) is 2.14. The third-order valence-electron chi connectivity index (χ3n) is 1.94. The number of amidine groups is 1. The molecule has 0 aliphatic carbocycles. The summed E-state index contributed by atoms with van der Waals surface area (Å²) in [4.78, 5) is 4.14. The first-order valence-electron chi connectivity index (χ1n) is 4.38. The maximum absolute atomic E-state index is 5.77. The van der Waals surface area contributed by atoms with Gasteiger partial charge in [-0.2, -0.15) is 0 Å². The number of aromatic nitrogens is 1. The van der Waals surface area contributed by atoms with Crippen molar-refractivity contribution in [3.05, 3.63) is 23.0 Å². The number of nitrogens with two attached hydrogens (primary N) is 1. The number of nitrogen functional groups attached to an aromatic ring is 1. The molecule has 80 valence electrons. The van der Waals surface area contributed by atoms with E-state index in [1.807, 2.05) is 0 Å². The van der Waals surface area contributed by atoms with Crippen LogP contribution < -0.4 is 16.7 Å². The molecule has 0 amide bonds. The third kappa shape index (κ3) is 2.28. The Hall–Kier alpha value is -1.53. The van der Waals surface area contributed by atoms with Crippen LogP contribution in [0.1, 0.15) is 5.69 Å². The molecule has 15 heavy (non-hydrogen) atoms. The van der Waals surface area contributed by atoms with Crippen LogP contribution in [0, 0.1) is 0 Å². The summed E-state index contributed by atoms with van der Waals surface area (Å²) in [6.07, 6.45) is 2.11. The number of pyridine rings is 1. The highest BCUT2D eigenvalue weighted by molar-refractivity contribution is 6.30. The summed E-state index contributed by atoms with van der Waals surface area (Å²) in [5.74, 6) is 0.763. The second-order valence-electron chi connectivity index (χ2n) is 3.17. The molecule has 2 heterocycles. The molecule has 1 aromatic rings. The van der Waals surface area contributed by atoms with Crippen LogP contribution in [0.3, 0.4) is 0 Å². The first-order chi connectivity index (χ1) is 7.15.